The third-order valence-electron chi connectivity index (χ3n) is 8.18. The fourth-order valence-corrected chi connectivity index (χ4v) is 6.77. The summed E-state index contributed by atoms with van der Waals surface area (Å²) in [5.41, 5.74) is 3.77. The molecular formula is C25H24ClN3O3. The normalized spacial score (nSPS) is 30.8. The van der Waals surface area contributed by atoms with Gasteiger partial charge in [0.25, 0.3) is 0 Å². The molecule has 1 spiro atoms. The van der Waals surface area contributed by atoms with Gasteiger partial charge in [-0.2, -0.15) is 0 Å². The number of nitrogens with one attached hydrogen (secondary N) is 1. The Labute approximate surface area is 191 Å². The van der Waals surface area contributed by atoms with E-state index in [-0.39, 0.29) is 23.8 Å². The van der Waals surface area contributed by atoms with E-state index in [1.165, 1.54) is 4.90 Å². The fraction of sp³-hybridized carbons (Fsp3) is 0.400. The van der Waals surface area contributed by atoms with Crippen molar-refractivity contribution >= 4 is 40.7 Å². The number of halogens is 1. The van der Waals surface area contributed by atoms with E-state index in [1.807, 2.05) is 32.9 Å². The molecule has 0 aromatic heterocycles. The summed E-state index contributed by atoms with van der Waals surface area (Å²) in [6, 6.07) is 9.11. The Morgan fingerprint density at radius 2 is 1.81 bits per heavy atom. The number of fused-ring (bicyclic) bond motifs is 7. The molecule has 3 amide bonds. The van der Waals surface area contributed by atoms with Crippen LogP contribution in [0.3, 0.4) is 0 Å². The summed E-state index contributed by atoms with van der Waals surface area (Å²) >= 11 is 6.32. The molecule has 0 radical (unpaired) electrons. The average molecular weight is 450 g/mol. The second-order valence-electron chi connectivity index (χ2n) is 9.45. The molecule has 0 saturated carbocycles. The maximum atomic E-state index is 14.0. The highest BCUT2D eigenvalue weighted by Crippen LogP contribution is 2.61. The quantitative estimate of drug-likeness (QED) is 0.674. The average Bonchev–Trinajstić information content (AvgIpc) is 3.46. The number of hydrogen-bond donors (Lipinski definition) is 1. The molecular weight excluding hydrogens is 426 g/mol. The number of hydrogen-bond acceptors (Lipinski definition) is 4. The van der Waals surface area contributed by atoms with Crippen molar-refractivity contribution in [2.45, 2.75) is 45.2 Å². The summed E-state index contributed by atoms with van der Waals surface area (Å²) < 4.78 is 0. The van der Waals surface area contributed by atoms with Crippen LogP contribution in [-0.2, 0) is 19.9 Å². The first-order chi connectivity index (χ1) is 15.3. The first-order valence-electron chi connectivity index (χ1n) is 11.1. The Hall–Kier alpha value is -2.70. The lowest BCUT2D eigenvalue weighted by molar-refractivity contribution is -0.135. The van der Waals surface area contributed by atoms with Crippen molar-refractivity contribution in [1.29, 1.82) is 0 Å². The van der Waals surface area contributed by atoms with Crippen LogP contribution in [0.15, 0.2) is 30.3 Å². The van der Waals surface area contributed by atoms with Crippen LogP contribution >= 0.6 is 11.6 Å². The molecule has 6 nitrogen and oxygen atoms in total. The van der Waals surface area contributed by atoms with E-state index in [0.717, 1.165) is 35.2 Å². The lowest BCUT2D eigenvalue weighted by atomic mass is 9.75. The topological polar surface area (TPSA) is 69.7 Å². The third-order valence-corrected chi connectivity index (χ3v) is 8.59. The van der Waals surface area contributed by atoms with Crippen LogP contribution < -0.4 is 10.2 Å². The molecule has 6 rings (SSSR count). The van der Waals surface area contributed by atoms with Crippen molar-refractivity contribution < 1.29 is 14.4 Å². The number of aryl methyl sites for hydroxylation is 1. The Bertz CT molecular complexity index is 1240. The van der Waals surface area contributed by atoms with E-state index in [0.29, 0.717) is 22.8 Å². The molecule has 2 aromatic carbocycles. The maximum absolute atomic E-state index is 14.0. The monoisotopic (exact) mass is 449 g/mol. The summed E-state index contributed by atoms with van der Waals surface area (Å²) in [6.07, 6.45) is 1.71. The zero-order chi connectivity index (χ0) is 22.5. The van der Waals surface area contributed by atoms with E-state index in [2.05, 4.69) is 10.2 Å². The first kappa shape index (κ1) is 19.9. The highest BCUT2D eigenvalue weighted by molar-refractivity contribution is 6.32. The number of nitrogens with zero attached hydrogens (tertiary/aromatic N) is 2. The Morgan fingerprint density at radius 1 is 1.03 bits per heavy atom. The number of anilines is 2. The van der Waals surface area contributed by atoms with Gasteiger partial charge in [-0.3, -0.25) is 19.3 Å². The minimum absolute atomic E-state index is 0.126. The minimum Gasteiger partial charge on any atom is -0.324 e. The van der Waals surface area contributed by atoms with Gasteiger partial charge in [0.15, 0.2) is 0 Å². The highest BCUT2D eigenvalue weighted by atomic mass is 35.5. The van der Waals surface area contributed by atoms with Gasteiger partial charge in [-0.25, -0.2) is 4.90 Å². The molecule has 4 aliphatic heterocycles. The predicted octanol–water partition coefficient (Wildman–Crippen LogP) is 3.70. The molecule has 32 heavy (non-hydrogen) atoms. The highest BCUT2D eigenvalue weighted by Gasteiger charge is 2.74. The molecule has 4 heterocycles. The zero-order valence-electron chi connectivity index (χ0n) is 18.2. The first-order valence-corrected chi connectivity index (χ1v) is 11.5. The molecule has 3 saturated heterocycles. The van der Waals surface area contributed by atoms with Crippen LogP contribution in [0.5, 0.6) is 0 Å². The van der Waals surface area contributed by atoms with E-state index in [1.54, 1.807) is 18.2 Å². The second kappa shape index (κ2) is 6.42. The molecule has 7 heteroatoms. The number of benzene rings is 2. The number of imide groups is 1. The van der Waals surface area contributed by atoms with E-state index in [9.17, 15) is 14.4 Å². The largest absolute Gasteiger partial charge is 0.324 e. The Kier molecular flexibility index (Phi) is 4.00. The van der Waals surface area contributed by atoms with Gasteiger partial charge in [0.2, 0.25) is 17.7 Å². The smallest absolute Gasteiger partial charge is 0.250 e. The summed E-state index contributed by atoms with van der Waals surface area (Å²) in [4.78, 5) is 45.0. The second-order valence-corrected chi connectivity index (χ2v) is 9.86. The van der Waals surface area contributed by atoms with Crippen LogP contribution in [0, 0.1) is 32.6 Å². The summed E-state index contributed by atoms with van der Waals surface area (Å²) in [7, 11) is 0. The van der Waals surface area contributed by atoms with Gasteiger partial charge < -0.3 is 5.32 Å². The zero-order valence-corrected chi connectivity index (χ0v) is 19.0. The molecule has 0 bridgehead atoms. The molecule has 164 valence electrons. The number of carbonyl (C=O) groups excluding carboxylic acids is 3. The van der Waals surface area contributed by atoms with Gasteiger partial charge >= 0.3 is 0 Å². The molecule has 0 aliphatic carbocycles. The van der Waals surface area contributed by atoms with Crippen molar-refractivity contribution in [2.75, 3.05) is 16.8 Å². The number of amides is 3. The molecule has 1 N–H and O–H groups in total. The van der Waals surface area contributed by atoms with E-state index in [4.69, 9.17) is 11.6 Å². The maximum Gasteiger partial charge on any atom is 0.250 e. The lowest BCUT2D eigenvalue weighted by Crippen LogP contribution is -2.54. The van der Waals surface area contributed by atoms with Gasteiger partial charge in [-0.15, -0.1) is 0 Å². The summed E-state index contributed by atoms with van der Waals surface area (Å²) in [6.45, 7) is 6.52. The third kappa shape index (κ3) is 2.12. The lowest BCUT2D eigenvalue weighted by Gasteiger charge is -2.37. The van der Waals surface area contributed by atoms with Crippen LogP contribution in [0.1, 0.15) is 35.1 Å². The van der Waals surface area contributed by atoms with Crippen LogP contribution in [0.4, 0.5) is 11.4 Å². The van der Waals surface area contributed by atoms with Crippen LogP contribution in [0.25, 0.3) is 0 Å². The molecule has 4 aliphatic rings. The standard InChI is InChI=1S/C25H24ClN3O3/c1-12-9-10-15-21(13(12)2)27-24(32)25(15)20-19(18-8-5-11-28(18)25)22(30)29(23(20)31)17-7-4-6-16(26)14(17)3/h4,6-7,9-10,18-20H,5,8,11H2,1-3H3,(H,27,32)/t18-,19+,20+,25+/m1/s1. The van der Waals surface area contributed by atoms with E-state index >= 15 is 0 Å². The Balaban J connectivity index is 1.58. The minimum atomic E-state index is -1.15. The van der Waals surface area contributed by atoms with Crippen molar-refractivity contribution in [3.63, 3.8) is 0 Å². The van der Waals surface area contributed by atoms with E-state index < -0.39 is 17.4 Å². The van der Waals surface area contributed by atoms with Gasteiger partial charge in [-0.1, -0.05) is 29.8 Å². The van der Waals surface area contributed by atoms with Crippen molar-refractivity contribution in [2.24, 2.45) is 11.8 Å². The van der Waals surface area contributed by atoms with Crippen molar-refractivity contribution in [3.8, 4) is 0 Å². The van der Waals surface area contributed by atoms with Crippen LogP contribution in [-0.4, -0.2) is 35.2 Å². The molecule has 4 atom stereocenters. The SMILES string of the molecule is Cc1ccc2c(c1C)NC(=O)[C@@]21[C@@H]2C(=O)N(c3cccc(Cl)c3C)C(=O)[C@H]2[C@H]2CCCN21. The summed E-state index contributed by atoms with van der Waals surface area (Å²) in [5, 5.41) is 3.60. The van der Waals surface area contributed by atoms with Gasteiger partial charge in [0.1, 0.15) is 5.54 Å². The van der Waals surface area contributed by atoms with Gasteiger partial charge in [0, 0.05) is 22.3 Å². The number of carbonyl (C=O) groups is 3. The molecule has 3 fully saturated rings. The molecule has 0 unspecified atom stereocenters. The van der Waals surface area contributed by atoms with Gasteiger partial charge in [-0.05, 0) is 69.0 Å². The number of rotatable bonds is 1. The van der Waals surface area contributed by atoms with Crippen molar-refractivity contribution in [1.82, 2.24) is 4.90 Å². The van der Waals surface area contributed by atoms with Gasteiger partial charge in [0.05, 0.1) is 17.5 Å². The predicted molar refractivity (Wildman–Crippen MR) is 122 cm³/mol. The Morgan fingerprint density at radius 3 is 2.59 bits per heavy atom. The van der Waals surface area contributed by atoms with Crippen molar-refractivity contribution in [3.05, 3.63) is 57.6 Å². The molecule has 2 aromatic rings. The fourth-order valence-electron chi connectivity index (χ4n) is 6.60. The summed E-state index contributed by atoms with van der Waals surface area (Å²) in [5.74, 6) is -2.00. The van der Waals surface area contributed by atoms with Crippen LogP contribution in [0.2, 0.25) is 5.02 Å².